The van der Waals surface area contributed by atoms with Gasteiger partial charge >= 0.3 is 29.6 Å². The zero-order chi connectivity index (χ0) is 9.84. The Hall–Kier alpha value is -1.11. The molecule has 1 aromatic rings. The molecule has 0 saturated carbocycles. The topological polar surface area (TPSA) is 92.5 Å². The first-order valence-electron chi connectivity index (χ1n) is 3.23. The molecule has 0 aromatic heterocycles. The van der Waals surface area contributed by atoms with Gasteiger partial charge in [-0.05, 0) is 12.1 Å². The Bertz CT molecular complexity index is 336. The zero-order valence-electron chi connectivity index (χ0n) is 7.30. The molecule has 0 aliphatic rings. The van der Waals surface area contributed by atoms with Crippen LogP contribution in [0.25, 0.3) is 0 Å². The van der Waals surface area contributed by atoms with E-state index < -0.39 is 11.1 Å². The van der Waals surface area contributed by atoms with Gasteiger partial charge in [0.05, 0.1) is 10.7 Å². The first kappa shape index (κ1) is 12.9. The summed E-state index contributed by atoms with van der Waals surface area (Å²) in [6.07, 6.45) is -1.70. The van der Waals surface area contributed by atoms with Gasteiger partial charge in [-0.25, -0.2) is 0 Å². The fourth-order valence-electron chi connectivity index (χ4n) is 0.732. The second-order valence-electron chi connectivity index (χ2n) is 2.10. The Balaban J connectivity index is 0.00000169. The van der Waals surface area contributed by atoms with Crippen LogP contribution in [0.2, 0.25) is 0 Å². The summed E-state index contributed by atoms with van der Waals surface area (Å²) in [5.74, 6) is -0.00870. The van der Waals surface area contributed by atoms with Crippen molar-refractivity contribution < 1.29 is 49.1 Å². The Morgan fingerprint density at radius 3 is 2.14 bits per heavy atom. The van der Waals surface area contributed by atoms with Crippen LogP contribution in [0.5, 0.6) is 5.75 Å². The van der Waals surface area contributed by atoms with E-state index in [4.69, 9.17) is 0 Å². The molecule has 0 amide bonds. The van der Waals surface area contributed by atoms with Gasteiger partial charge in [0, 0.05) is 12.1 Å². The number of carbonyl (C=O) groups excluding carboxylic acids is 1. The van der Waals surface area contributed by atoms with Crippen molar-refractivity contribution in [2.45, 2.75) is 0 Å². The maximum Gasteiger partial charge on any atom is 1.00 e. The van der Waals surface area contributed by atoms with Crippen molar-refractivity contribution in [3.05, 3.63) is 34.4 Å². The quantitative estimate of drug-likeness (QED) is 0.172. The molecule has 0 spiro atoms. The third-order valence-corrected chi connectivity index (χ3v) is 1.25. The second kappa shape index (κ2) is 5.58. The molecule has 0 aliphatic heterocycles. The van der Waals surface area contributed by atoms with Gasteiger partial charge in [-0.3, -0.25) is 10.1 Å². The van der Waals surface area contributed by atoms with Crippen molar-refractivity contribution >= 4 is 11.8 Å². The molecule has 6 nitrogen and oxygen atoms in total. The minimum absolute atomic E-state index is 0. The maximum atomic E-state index is 10.2. The van der Waals surface area contributed by atoms with Crippen molar-refractivity contribution in [2.24, 2.45) is 0 Å². The van der Waals surface area contributed by atoms with Crippen LogP contribution in [0.15, 0.2) is 24.3 Å². The van der Waals surface area contributed by atoms with Gasteiger partial charge in [-0.2, -0.15) is 0 Å². The third-order valence-electron chi connectivity index (χ3n) is 1.25. The van der Waals surface area contributed by atoms with Crippen molar-refractivity contribution in [2.75, 3.05) is 0 Å². The fourth-order valence-corrected chi connectivity index (χ4v) is 0.732. The number of carbonyl (C=O) groups is 1. The van der Waals surface area contributed by atoms with Gasteiger partial charge < -0.3 is 14.6 Å². The first-order chi connectivity index (χ1) is 6.09. The van der Waals surface area contributed by atoms with Crippen molar-refractivity contribution in [3.8, 4) is 5.75 Å². The summed E-state index contributed by atoms with van der Waals surface area (Å²) in [6.45, 7) is 0. The van der Waals surface area contributed by atoms with Crippen LogP contribution in [0.1, 0.15) is 0 Å². The summed E-state index contributed by atoms with van der Waals surface area (Å²) in [6, 6.07) is 4.62. The van der Waals surface area contributed by atoms with Gasteiger partial charge in [0.25, 0.3) is 11.8 Å². The SMILES string of the molecule is O=C([O-])Oc1ccc([N+](=O)[O-])cc1.[Na+]. The molecule has 68 valence electrons. The average Bonchev–Trinajstić information content (AvgIpc) is 2.04. The average molecular weight is 205 g/mol. The predicted octanol–water partition coefficient (Wildman–Crippen LogP) is -2.68. The molecule has 0 heterocycles. The molecular weight excluding hydrogens is 201 g/mol. The van der Waals surface area contributed by atoms with Crippen LogP contribution in [0, 0.1) is 10.1 Å². The van der Waals surface area contributed by atoms with E-state index in [1.807, 2.05) is 0 Å². The van der Waals surface area contributed by atoms with Gasteiger partial charge in [0.2, 0.25) is 0 Å². The number of ether oxygens (including phenoxy) is 1. The molecule has 0 radical (unpaired) electrons. The number of nitrogens with zero attached hydrogens (tertiary/aromatic N) is 1. The smallest absolute Gasteiger partial charge is 0.514 e. The Morgan fingerprint density at radius 1 is 1.29 bits per heavy atom. The van der Waals surface area contributed by atoms with Crippen molar-refractivity contribution in [1.82, 2.24) is 0 Å². The zero-order valence-corrected chi connectivity index (χ0v) is 9.30. The molecule has 0 bridgehead atoms. The first-order valence-corrected chi connectivity index (χ1v) is 3.23. The third kappa shape index (κ3) is 3.73. The van der Waals surface area contributed by atoms with Crippen LogP contribution in [0.3, 0.4) is 0 Å². The molecule has 0 unspecified atom stereocenters. The van der Waals surface area contributed by atoms with E-state index in [1.165, 1.54) is 12.1 Å². The van der Waals surface area contributed by atoms with Gasteiger partial charge in [-0.1, -0.05) is 0 Å². The molecular formula is C7H4NNaO5. The van der Waals surface area contributed by atoms with Crippen LogP contribution in [-0.2, 0) is 0 Å². The Kier molecular flexibility index (Phi) is 5.14. The molecule has 0 N–H and O–H groups in total. The minimum atomic E-state index is -1.70. The van der Waals surface area contributed by atoms with Gasteiger partial charge in [0.15, 0.2) is 0 Å². The van der Waals surface area contributed by atoms with E-state index in [1.54, 1.807) is 0 Å². The fraction of sp³-hybridized carbons (Fsp3) is 0. The molecule has 1 rings (SSSR count). The van der Waals surface area contributed by atoms with Crippen LogP contribution in [0.4, 0.5) is 10.5 Å². The number of benzene rings is 1. The number of hydrogen-bond donors (Lipinski definition) is 0. The number of nitro groups is 1. The van der Waals surface area contributed by atoms with E-state index >= 15 is 0 Å². The van der Waals surface area contributed by atoms with Crippen LogP contribution < -0.4 is 39.4 Å². The molecule has 14 heavy (non-hydrogen) atoms. The van der Waals surface area contributed by atoms with Crippen LogP contribution >= 0.6 is 0 Å². The van der Waals surface area contributed by atoms with Crippen molar-refractivity contribution in [1.29, 1.82) is 0 Å². The number of non-ortho nitro benzene ring substituents is 1. The van der Waals surface area contributed by atoms with Crippen LogP contribution in [-0.4, -0.2) is 11.1 Å². The number of rotatable bonds is 2. The standard InChI is InChI=1S/C7H5NO5.Na/c9-7(10)13-6-3-1-5(2-4-6)8(11)12;/h1-4H,(H,9,10);/q;+1/p-1. The largest absolute Gasteiger partial charge is 1.00 e. The molecule has 1 aromatic carbocycles. The monoisotopic (exact) mass is 205 g/mol. The number of nitro benzene ring substituents is 1. The van der Waals surface area contributed by atoms with E-state index in [0.29, 0.717) is 0 Å². The molecule has 0 saturated heterocycles. The molecule has 0 fully saturated rings. The summed E-state index contributed by atoms with van der Waals surface area (Å²) < 4.78 is 4.13. The summed E-state index contributed by atoms with van der Waals surface area (Å²) in [4.78, 5) is 19.5. The Labute approximate surface area is 101 Å². The molecule has 7 heteroatoms. The minimum Gasteiger partial charge on any atom is -0.514 e. The summed E-state index contributed by atoms with van der Waals surface area (Å²) >= 11 is 0. The Morgan fingerprint density at radius 2 is 1.79 bits per heavy atom. The summed E-state index contributed by atoms with van der Waals surface area (Å²) in [5.41, 5.74) is -0.134. The van der Waals surface area contributed by atoms with E-state index in [2.05, 4.69) is 4.74 Å². The van der Waals surface area contributed by atoms with E-state index in [9.17, 15) is 20.0 Å². The summed E-state index contributed by atoms with van der Waals surface area (Å²) in [7, 11) is 0. The number of carboxylic acid groups (broad SMARTS) is 1. The predicted molar refractivity (Wildman–Crippen MR) is 39.1 cm³/mol. The summed E-state index contributed by atoms with van der Waals surface area (Å²) in [5, 5.41) is 20.1. The van der Waals surface area contributed by atoms with Gasteiger partial charge in [-0.15, -0.1) is 0 Å². The van der Waals surface area contributed by atoms with E-state index in [0.717, 1.165) is 12.1 Å². The second-order valence-corrected chi connectivity index (χ2v) is 2.10. The van der Waals surface area contributed by atoms with Crippen molar-refractivity contribution in [3.63, 3.8) is 0 Å². The molecule has 0 aliphatic carbocycles. The maximum absolute atomic E-state index is 10.2. The normalized spacial score (nSPS) is 8.57. The van der Waals surface area contributed by atoms with E-state index in [-0.39, 0.29) is 41.0 Å². The number of hydrogen-bond acceptors (Lipinski definition) is 5. The van der Waals surface area contributed by atoms with Gasteiger partial charge in [0.1, 0.15) is 0 Å². The molecule has 0 atom stereocenters.